The summed E-state index contributed by atoms with van der Waals surface area (Å²) in [6.07, 6.45) is -0.917. The molecular weight excluding hydrogens is 357 g/mol. The lowest BCUT2D eigenvalue weighted by Gasteiger charge is -2.28. The fraction of sp³-hybridized carbons (Fsp3) is 0.368. The molecule has 0 radical (unpaired) electrons. The highest BCUT2D eigenvalue weighted by Crippen LogP contribution is 2.16. The minimum atomic E-state index is -0.917. The van der Waals surface area contributed by atoms with Gasteiger partial charge < -0.3 is 23.5 Å². The van der Waals surface area contributed by atoms with Crippen molar-refractivity contribution >= 4 is 11.9 Å². The van der Waals surface area contributed by atoms with Crippen molar-refractivity contribution in [3.8, 4) is 5.75 Å². The van der Waals surface area contributed by atoms with Crippen LogP contribution in [0.2, 0.25) is 0 Å². The standard InChI is InChI=1S/C19H20FNO6/c1-13(18(22)21-8-10-24-11-9-21)26-19(23)17-7-6-16(27-17)12-25-15-4-2-14(20)3-5-15/h2-7,13H,8-12H2,1H3. The highest BCUT2D eigenvalue weighted by Gasteiger charge is 2.26. The van der Waals surface area contributed by atoms with E-state index in [9.17, 15) is 14.0 Å². The molecule has 144 valence electrons. The van der Waals surface area contributed by atoms with Gasteiger partial charge in [0.25, 0.3) is 5.91 Å². The number of esters is 1. The topological polar surface area (TPSA) is 78.2 Å². The zero-order valence-electron chi connectivity index (χ0n) is 14.9. The van der Waals surface area contributed by atoms with Gasteiger partial charge >= 0.3 is 5.97 Å². The van der Waals surface area contributed by atoms with Gasteiger partial charge in [0.05, 0.1) is 13.2 Å². The number of morpholine rings is 1. The average Bonchev–Trinajstić information content (AvgIpc) is 3.17. The summed E-state index contributed by atoms with van der Waals surface area (Å²) in [5.41, 5.74) is 0. The van der Waals surface area contributed by atoms with Crippen molar-refractivity contribution in [3.05, 3.63) is 53.7 Å². The highest BCUT2D eigenvalue weighted by atomic mass is 19.1. The Morgan fingerprint density at radius 1 is 1.15 bits per heavy atom. The first kappa shape index (κ1) is 18.9. The van der Waals surface area contributed by atoms with E-state index < -0.39 is 12.1 Å². The molecule has 0 spiro atoms. The Kier molecular flexibility index (Phi) is 6.08. The molecule has 1 aliphatic rings. The molecule has 1 unspecified atom stereocenters. The van der Waals surface area contributed by atoms with Crippen LogP contribution in [0, 0.1) is 5.82 Å². The first-order valence-electron chi connectivity index (χ1n) is 8.57. The third-order valence-corrected chi connectivity index (χ3v) is 4.01. The lowest BCUT2D eigenvalue weighted by atomic mass is 10.3. The van der Waals surface area contributed by atoms with Gasteiger partial charge in [-0.1, -0.05) is 0 Å². The normalized spacial score (nSPS) is 15.3. The molecule has 1 aliphatic heterocycles. The SMILES string of the molecule is CC(OC(=O)c1ccc(COc2ccc(F)cc2)o1)C(=O)N1CCOCC1. The molecule has 1 atom stereocenters. The van der Waals surface area contributed by atoms with Crippen molar-refractivity contribution in [1.29, 1.82) is 0 Å². The van der Waals surface area contributed by atoms with Crippen LogP contribution < -0.4 is 4.74 Å². The van der Waals surface area contributed by atoms with E-state index in [1.807, 2.05) is 0 Å². The summed E-state index contributed by atoms with van der Waals surface area (Å²) in [4.78, 5) is 26.0. The Bertz CT molecular complexity index is 782. The number of furan rings is 1. The Labute approximate surface area is 155 Å². The van der Waals surface area contributed by atoms with E-state index in [-0.39, 0.29) is 24.1 Å². The van der Waals surface area contributed by atoms with Crippen LogP contribution in [0.4, 0.5) is 4.39 Å². The van der Waals surface area contributed by atoms with Crippen molar-refractivity contribution in [1.82, 2.24) is 4.90 Å². The smallest absolute Gasteiger partial charge is 0.375 e. The zero-order valence-corrected chi connectivity index (χ0v) is 14.9. The molecule has 1 saturated heterocycles. The molecule has 0 saturated carbocycles. The second-order valence-electron chi connectivity index (χ2n) is 5.99. The summed E-state index contributed by atoms with van der Waals surface area (Å²) in [6.45, 7) is 3.50. The van der Waals surface area contributed by atoms with Crippen LogP contribution in [0.25, 0.3) is 0 Å². The van der Waals surface area contributed by atoms with Crippen molar-refractivity contribution < 1.29 is 32.6 Å². The molecule has 1 aromatic carbocycles. The number of hydrogen-bond donors (Lipinski definition) is 0. The third-order valence-electron chi connectivity index (χ3n) is 4.01. The van der Waals surface area contributed by atoms with E-state index >= 15 is 0 Å². The number of nitrogens with zero attached hydrogens (tertiary/aromatic N) is 1. The number of amides is 1. The van der Waals surface area contributed by atoms with E-state index in [1.165, 1.54) is 37.3 Å². The molecular formula is C19H20FNO6. The molecule has 2 aromatic rings. The monoisotopic (exact) mass is 377 g/mol. The van der Waals surface area contributed by atoms with Crippen molar-refractivity contribution in [2.75, 3.05) is 26.3 Å². The fourth-order valence-corrected chi connectivity index (χ4v) is 2.56. The highest BCUT2D eigenvalue weighted by molar-refractivity contribution is 5.90. The van der Waals surface area contributed by atoms with Crippen LogP contribution in [0.5, 0.6) is 5.75 Å². The molecule has 0 aliphatic carbocycles. The van der Waals surface area contributed by atoms with Crippen LogP contribution in [-0.4, -0.2) is 49.2 Å². The van der Waals surface area contributed by atoms with Gasteiger partial charge in [-0.25, -0.2) is 9.18 Å². The van der Waals surface area contributed by atoms with Gasteiger partial charge in [0.15, 0.2) is 6.10 Å². The molecule has 7 nitrogen and oxygen atoms in total. The number of benzene rings is 1. The lowest BCUT2D eigenvalue weighted by molar-refractivity contribution is -0.143. The van der Waals surface area contributed by atoms with Crippen molar-refractivity contribution in [3.63, 3.8) is 0 Å². The first-order valence-corrected chi connectivity index (χ1v) is 8.57. The van der Waals surface area contributed by atoms with Crippen LogP contribution in [0.3, 0.4) is 0 Å². The van der Waals surface area contributed by atoms with Gasteiger partial charge in [0.2, 0.25) is 5.76 Å². The zero-order chi connectivity index (χ0) is 19.2. The quantitative estimate of drug-likeness (QED) is 0.720. The number of ether oxygens (including phenoxy) is 3. The Balaban J connectivity index is 1.51. The number of carbonyl (C=O) groups is 2. The summed E-state index contributed by atoms with van der Waals surface area (Å²) in [5.74, 6) is -0.490. The molecule has 2 heterocycles. The molecule has 1 amide bonds. The number of rotatable bonds is 6. The maximum atomic E-state index is 12.9. The van der Waals surface area contributed by atoms with E-state index in [0.717, 1.165) is 0 Å². The van der Waals surface area contributed by atoms with E-state index in [1.54, 1.807) is 11.0 Å². The molecule has 27 heavy (non-hydrogen) atoms. The molecule has 8 heteroatoms. The predicted octanol–water partition coefficient (Wildman–Crippen LogP) is 2.40. The number of carbonyl (C=O) groups excluding carboxylic acids is 2. The molecule has 3 rings (SSSR count). The summed E-state index contributed by atoms with van der Waals surface area (Å²) in [7, 11) is 0. The van der Waals surface area contributed by atoms with E-state index in [0.29, 0.717) is 37.8 Å². The van der Waals surface area contributed by atoms with Gasteiger partial charge in [0, 0.05) is 13.1 Å². The number of hydrogen-bond acceptors (Lipinski definition) is 6. The summed E-state index contributed by atoms with van der Waals surface area (Å²) in [6, 6.07) is 8.59. The fourth-order valence-electron chi connectivity index (χ4n) is 2.56. The molecule has 0 N–H and O–H groups in total. The predicted molar refractivity (Wildman–Crippen MR) is 91.7 cm³/mol. The third kappa shape index (κ3) is 5.07. The van der Waals surface area contributed by atoms with E-state index in [4.69, 9.17) is 18.6 Å². The Morgan fingerprint density at radius 2 is 1.85 bits per heavy atom. The van der Waals surface area contributed by atoms with E-state index in [2.05, 4.69) is 0 Å². The maximum Gasteiger partial charge on any atom is 0.375 e. The van der Waals surface area contributed by atoms with Gasteiger partial charge in [-0.2, -0.15) is 0 Å². The second-order valence-corrected chi connectivity index (χ2v) is 5.99. The van der Waals surface area contributed by atoms with Crippen molar-refractivity contribution in [2.45, 2.75) is 19.6 Å². The number of halogens is 1. The van der Waals surface area contributed by atoms with Gasteiger partial charge in [-0.05, 0) is 43.3 Å². The second kappa shape index (κ2) is 8.68. The first-order chi connectivity index (χ1) is 13.0. The Hall–Kier alpha value is -2.87. The van der Waals surface area contributed by atoms with Crippen LogP contribution >= 0.6 is 0 Å². The minimum absolute atomic E-state index is 0.0191. The average molecular weight is 377 g/mol. The largest absolute Gasteiger partial charge is 0.486 e. The lowest BCUT2D eigenvalue weighted by Crippen LogP contribution is -2.46. The minimum Gasteiger partial charge on any atom is -0.486 e. The summed E-state index contributed by atoms with van der Waals surface area (Å²) >= 11 is 0. The molecule has 1 fully saturated rings. The summed E-state index contributed by atoms with van der Waals surface area (Å²) in [5, 5.41) is 0. The van der Waals surface area contributed by atoms with Gasteiger partial charge in [0.1, 0.15) is 23.9 Å². The summed E-state index contributed by atoms with van der Waals surface area (Å²) < 4.78 is 34.1. The van der Waals surface area contributed by atoms with Gasteiger partial charge in [-0.15, -0.1) is 0 Å². The van der Waals surface area contributed by atoms with Crippen molar-refractivity contribution in [2.24, 2.45) is 0 Å². The molecule has 1 aromatic heterocycles. The van der Waals surface area contributed by atoms with Crippen LogP contribution in [0.1, 0.15) is 23.2 Å². The maximum absolute atomic E-state index is 12.9. The van der Waals surface area contributed by atoms with Crippen LogP contribution in [0.15, 0.2) is 40.8 Å². The molecule has 0 bridgehead atoms. The Morgan fingerprint density at radius 3 is 2.56 bits per heavy atom. The van der Waals surface area contributed by atoms with Gasteiger partial charge in [-0.3, -0.25) is 4.79 Å². The van der Waals surface area contributed by atoms with Crippen LogP contribution in [-0.2, 0) is 20.9 Å².